The van der Waals surface area contributed by atoms with Crippen LogP contribution in [0.1, 0.15) is 19.4 Å². The third-order valence-corrected chi connectivity index (χ3v) is 3.30. The quantitative estimate of drug-likeness (QED) is 0.809. The highest BCUT2D eigenvalue weighted by atomic mass is 35.5. The van der Waals surface area contributed by atoms with Crippen molar-refractivity contribution in [3.63, 3.8) is 0 Å². The van der Waals surface area contributed by atoms with Gasteiger partial charge in [-0.15, -0.1) is 0 Å². The highest BCUT2D eigenvalue weighted by molar-refractivity contribution is 6.30. The van der Waals surface area contributed by atoms with E-state index in [9.17, 15) is 4.79 Å². The number of amides is 1. The Bertz CT molecular complexity index is 642. The van der Waals surface area contributed by atoms with Gasteiger partial charge in [-0.2, -0.15) is 0 Å². The minimum Gasteiger partial charge on any atom is -0.491 e. The number of anilines is 1. The van der Waals surface area contributed by atoms with Crippen molar-refractivity contribution in [2.75, 3.05) is 11.9 Å². The van der Waals surface area contributed by atoms with Crippen LogP contribution in [0, 0.1) is 0 Å². The van der Waals surface area contributed by atoms with Crippen LogP contribution in [-0.4, -0.2) is 18.6 Å². The number of ether oxygens (including phenoxy) is 1. The van der Waals surface area contributed by atoms with E-state index in [4.69, 9.17) is 16.3 Å². The lowest BCUT2D eigenvalue weighted by Gasteiger charge is -2.11. The molecular formula is C18H21ClN2O2. The van der Waals surface area contributed by atoms with Crippen molar-refractivity contribution in [2.24, 2.45) is 0 Å². The zero-order chi connectivity index (χ0) is 16.7. The molecule has 1 amide bonds. The molecule has 0 bridgehead atoms. The van der Waals surface area contributed by atoms with E-state index < -0.39 is 0 Å². The number of nitrogens with one attached hydrogen (secondary N) is 2. The first-order valence-corrected chi connectivity index (χ1v) is 7.92. The van der Waals surface area contributed by atoms with Crippen molar-refractivity contribution in [3.05, 3.63) is 59.1 Å². The molecule has 0 aliphatic heterocycles. The highest BCUT2D eigenvalue weighted by Gasteiger charge is 2.03. The Kier molecular flexibility index (Phi) is 6.29. The second-order valence-electron chi connectivity index (χ2n) is 5.45. The van der Waals surface area contributed by atoms with Crippen LogP contribution < -0.4 is 15.4 Å². The lowest BCUT2D eigenvalue weighted by molar-refractivity contribution is -0.119. The van der Waals surface area contributed by atoms with Crippen LogP contribution in [0.25, 0.3) is 0 Å². The first kappa shape index (κ1) is 17.2. The third-order valence-electron chi connectivity index (χ3n) is 3.06. The molecule has 0 aliphatic rings. The summed E-state index contributed by atoms with van der Waals surface area (Å²) in [6.07, 6.45) is 0.151. The Morgan fingerprint density at radius 3 is 2.57 bits per heavy atom. The Balaban J connectivity index is 1.75. The second kappa shape index (κ2) is 8.44. The van der Waals surface area contributed by atoms with E-state index in [2.05, 4.69) is 10.6 Å². The van der Waals surface area contributed by atoms with E-state index in [1.165, 1.54) is 0 Å². The van der Waals surface area contributed by atoms with Crippen molar-refractivity contribution in [2.45, 2.75) is 26.5 Å². The van der Waals surface area contributed by atoms with Gasteiger partial charge in [0.05, 0.1) is 12.6 Å². The van der Waals surface area contributed by atoms with Crippen molar-refractivity contribution >= 4 is 23.2 Å². The van der Waals surface area contributed by atoms with Gasteiger partial charge in [0, 0.05) is 17.3 Å². The molecule has 23 heavy (non-hydrogen) atoms. The summed E-state index contributed by atoms with van der Waals surface area (Å²) in [5.41, 5.74) is 1.85. The summed E-state index contributed by atoms with van der Waals surface area (Å²) in [7, 11) is 0. The number of hydrogen-bond acceptors (Lipinski definition) is 3. The number of halogens is 1. The van der Waals surface area contributed by atoms with Gasteiger partial charge in [0.1, 0.15) is 5.75 Å². The predicted molar refractivity (Wildman–Crippen MR) is 94.0 cm³/mol. The summed E-state index contributed by atoms with van der Waals surface area (Å²) in [6, 6.07) is 15.0. The fourth-order valence-electron chi connectivity index (χ4n) is 2.00. The van der Waals surface area contributed by atoms with Crippen molar-refractivity contribution < 1.29 is 9.53 Å². The Morgan fingerprint density at radius 2 is 1.91 bits per heavy atom. The zero-order valence-corrected chi connectivity index (χ0v) is 14.1. The molecule has 2 rings (SSSR count). The van der Waals surface area contributed by atoms with E-state index in [1.807, 2.05) is 50.2 Å². The highest BCUT2D eigenvalue weighted by Crippen LogP contribution is 2.15. The maximum atomic E-state index is 11.9. The molecule has 0 unspecified atom stereocenters. The molecular weight excluding hydrogens is 312 g/mol. The van der Waals surface area contributed by atoms with E-state index >= 15 is 0 Å². The van der Waals surface area contributed by atoms with E-state index in [0.717, 1.165) is 17.0 Å². The van der Waals surface area contributed by atoms with E-state index in [1.54, 1.807) is 12.1 Å². The summed E-state index contributed by atoms with van der Waals surface area (Å²) in [5.74, 6) is 0.755. The summed E-state index contributed by atoms with van der Waals surface area (Å²) in [6.45, 7) is 4.66. The molecule has 0 heterocycles. The van der Waals surface area contributed by atoms with Crippen LogP contribution in [0.15, 0.2) is 48.5 Å². The smallest absolute Gasteiger partial charge is 0.239 e. The van der Waals surface area contributed by atoms with Gasteiger partial charge in [0.2, 0.25) is 5.91 Å². The summed E-state index contributed by atoms with van der Waals surface area (Å²) in [5, 5.41) is 6.54. The number of carbonyl (C=O) groups is 1. The second-order valence-corrected chi connectivity index (χ2v) is 5.89. The average Bonchev–Trinajstić information content (AvgIpc) is 2.52. The molecule has 0 spiro atoms. The lowest BCUT2D eigenvalue weighted by Crippen LogP contribution is -2.29. The standard InChI is InChI=1S/C18H21ClN2O2/c1-13(2)23-17-8-6-14(7-9-17)11-21-18(22)12-20-16-5-3-4-15(19)10-16/h3-10,13,20H,11-12H2,1-2H3,(H,21,22). The molecule has 0 saturated heterocycles. The molecule has 4 nitrogen and oxygen atoms in total. The molecule has 0 aromatic heterocycles. The molecule has 0 aliphatic carbocycles. The Morgan fingerprint density at radius 1 is 1.17 bits per heavy atom. The van der Waals surface area contributed by atoms with Crippen molar-refractivity contribution in [1.29, 1.82) is 0 Å². The van der Waals surface area contributed by atoms with Gasteiger partial charge in [-0.3, -0.25) is 4.79 Å². The molecule has 0 saturated carbocycles. The van der Waals surface area contributed by atoms with Gasteiger partial charge in [-0.1, -0.05) is 29.8 Å². The topological polar surface area (TPSA) is 50.4 Å². The van der Waals surface area contributed by atoms with Gasteiger partial charge in [0.25, 0.3) is 0 Å². The van der Waals surface area contributed by atoms with Crippen LogP contribution >= 0.6 is 11.6 Å². The Hall–Kier alpha value is -2.20. The van der Waals surface area contributed by atoms with Crippen molar-refractivity contribution in [3.8, 4) is 5.75 Å². The summed E-state index contributed by atoms with van der Waals surface area (Å²) >= 11 is 5.89. The third kappa shape index (κ3) is 6.20. The van der Waals surface area contributed by atoms with Crippen LogP contribution in [-0.2, 0) is 11.3 Å². The van der Waals surface area contributed by atoms with E-state index in [-0.39, 0.29) is 18.6 Å². The molecule has 2 aromatic rings. The summed E-state index contributed by atoms with van der Waals surface area (Å²) < 4.78 is 5.58. The first-order chi connectivity index (χ1) is 11.0. The molecule has 122 valence electrons. The Labute approximate surface area is 141 Å². The first-order valence-electron chi connectivity index (χ1n) is 7.54. The number of benzene rings is 2. The lowest BCUT2D eigenvalue weighted by atomic mass is 10.2. The molecule has 0 fully saturated rings. The van der Waals surface area contributed by atoms with Crippen LogP contribution in [0.5, 0.6) is 5.75 Å². The minimum atomic E-state index is -0.0764. The van der Waals surface area contributed by atoms with Crippen LogP contribution in [0.3, 0.4) is 0 Å². The average molecular weight is 333 g/mol. The number of rotatable bonds is 7. The van der Waals surface area contributed by atoms with E-state index in [0.29, 0.717) is 11.6 Å². The molecule has 2 N–H and O–H groups in total. The molecule has 2 aromatic carbocycles. The maximum Gasteiger partial charge on any atom is 0.239 e. The maximum absolute atomic E-state index is 11.9. The van der Waals surface area contributed by atoms with Gasteiger partial charge in [-0.05, 0) is 49.7 Å². The number of hydrogen-bond donors (Lipinski definition) is 2. The largest absolute Gasteiger partial charge is 0.491 e. The zero-order valence-electron chi connectivity index (χ0n) is 13.3. The molecule has 0 atom stereocenters. The minimum absolute atomic E-state index is 0.0764. The fourth-order valence-corrected chi connectivity index (χ4v) is 2.19. The van der Waals surface area contributed by atoms with Crippen LogP contribution in [0.2, 0.25) is 5.02 Å². The SMILES string of the molecule is CC(C)Oc1ccc(CNC(=O)CNc2cccc(Cl)c2)cc1. The molecule has 0 radical (unpaired) electrons. The monoisotopic (exact) mass is 332 g/mol. The summed E-state index contributed by atoms with van der Waals surface area (Å²) in [4.78, 5) is 11.9. The molecule has 5 heteroatoms. The van der Waals surface area contributed by atoms with Crippen molar-refractivity contribution in [1.82, 2.24) is 5.32 Å². The van der Waals surface area contributed by atoms with Crippen LogP contribution in [0.4, 0.5) is 5.69 Å². The van der Waals surface area contributed by atoms with Gasteiger partial charge in [-0.25, -0.2) is 0 Å². The van der Waals surface area contributed by atoms with Gasteiger partial charge >= 0.3 is 0 Å². The fraction of sp³-hybridized carbons (Fsp3) is 0.278. The van der Waals surface area contributed by atoms with Gasteiger partial charge < -0.3 is 15.4 Å². The number of carbonyl (C=O) groups excluding carboxylic acids is 1. The normalized spacial score (nSPS) is 10.4. The predicted octanol–water partition coefficient (Wildman–Crippen LogP) is 3.86. The van der Waals surface area contributed by atoms with Gasteiger partial charge in [0.15, 0.2) is 0 Å².